The molecule has 1 N–H and O–H groups in total. The standard InChI is InChI=1S/C26H35N3O7S2/c1-35-24-11-10-23(18-25(24)36-2)38(33,34)29-16-12-21(13-17-29)26(30)27-19-20-6-8-22(9-7-20)37(31,32)28-14-4-3-5-15-28/h6-11,18,21H,3-5,12-17,19H2,1-2H3,(H,27,30). The number of piperidine rings is 2. The lowest BCUT2D eigenvalue weighted by molar-refractivity contribution is -0.126. The molecule has 0 aliphatic carbocycles. The molecule has 0 spiro atoms. The third-order valence-corrected chi connectivity index (χ3v) is 11.0. The number of sulfonamides is 2. The monoisotopic (exact) mass is 565 g/mol. The Morgan fingerprint density at radius 1 is 0.789 bits per heavy atom. The maximum Gasteiger partial charge on any atom is 0.243 e. The van der Waals surface area contributed by atoms with Crippen LogP contribution in [0.4, 0.5) is 0 Å². The number of hydrogen-bond donors (Lipinski definition) is 1. The highest BCUT2D eigenvalue weighted by molar-refractivity contribution is 7.89. The van der Waals surface area contributed by atoms with Crippen LogP contribution < -0.4 is 14.8 Å². The van der Waals surface area contributed by atoms with Crippen LogP contribution in [0, 0.1) is 5.92 Å². The van der Waals surface area contributed by atoms with Crippen molar-refractivity contribution >= 4 is 26.0 Å². The predicted molar refractivity (Wildman–Crippen MR) is 142 cm³/mol. The molecule has 0 saturated carbocycles. The summed E-state index contributed by atoms with van der Waals surface area (Å²) < 4.78 is 65.2. The summed E-state index contributed by atoms with van der Waals surface area (Å²) in [6.45, 7) is 1.84. The molecule has 2 aliphatic rings. The minimum Gasteiger partial charge on any atom is -0.493 e. The van der Waals surface area contributed by atoms with Gasteiger partial charge in [0.15, 0.2) is 11.5 Å². The molecule has 0 atom stereocenters. The highest BCUT2D eigenvalue weighted by Crippen LogP contribution is 2.32. The summed E-state index contributed by atoms with van der Waals surface area (Å²) >= 11 is 0. The second-order valence-corrected chi connectivity index (χ2v) is 13.4. The van der Waals surface area contributed by atoms with Crippen molar-refractivity contribution in [1.29, 1.82) is 0 Å². The number of methoxy groups -OCH3 is 2. The van der Waals surface area contributed by atoms with Gasteiger partial charge in [0.2, 0.25) is 26.0 Å². The van der Waals surface area contributed by atoms with Crippen molar-refractivity contribution in [2.75, 3.05) is 40.4 Å². The topological polar surface area (TPSA) is 122 Å². The molecule has 4 rings (SSSR count). The third kappa shape index (κ3) is 6.14. The number of carbonyl (C=O) groups excluding carboxylic acids is 1. The summed E-state index contributed by atoms with van der Waals surface area (Å²) in [5, 5.41) is 2.91. The largest absolute Gasteiger partial charge is 0.493 e. The highest BCUT2D eigenvalue weighted by atomic mass is 32.2. The Balaban J connectivity index is 1.30. The number of amides is 1. The van der Waals surface area contributed by atoms with Crippen molar-refractivity contribution in [3.63, 3.8) is 0 Å². The second kappa shape index (κ2) is 12.0. The summed E-state index contributed by atoms with van der Waals surface area (Å²) in [5.74, 6) is 0.337. The van der Waals surface area contributed by atoms with Gasteiger partial charge in [0.25, 0.3) is 0 Å². The lowest BCUT2D eigenvalue weighted by atomic mass is 9.97. The van der Waals surface area contributed by atoms with Crippen LogP contribution in [0.3, 0.4) is 0 Å². The first kappa shape index (κ1) is 28.3. The van der Waals surface area contributed by atoms with Gasteiger partial charge in [0.1, 0.15) is 0 Å². The molecule has 2 aromatic rings. The molecule has 0 radical (unpaired) electrons. The number of nitrogens with one attached hydrogen (secondary N) is 1. The fourth-order valence-corrected chi connectivity index (χ4v) is 7.85. The molecule has 0 aromatic heterocycles. The summed E-state index contributed by atoms with van der Waals surface area (Å²) in [7, 11) is -4.30. The van der Waals surface area contributed by atoms with Gasteiger partial charge in [-0.3, -0.25) is 4.79 Å². The van der Waals surface area contributed by atoms with Gasteiger partial charge in [-0.25, -0.2) is 16.8 Å². The molecule has 0 bridgehead atoms. The highest BCUT2D eigenvalue weighted by Gasteiger charge is 2.32. The van der Waals surface area contributed by atoms with Crippen molar-refractivity contribution in [2.45, 2.75) is 48.4 Å². The minimum absolute atomic E-state index is 0.115. The van der Waals surface area contributed by atoms with E-state index >= 15 is 0 Å². The zero-order valence-corrected chi connectivity index (χ0v) is 23.4. The first-order valence-electron chi connectivity index (χ1n) is 12.8. The number of benzene rings is 2. The molecule has 2 saturated heterocycles. The maximum atomic E-state index is 13.1. The molecule has 1 amide bonds. The van der Waals surface area contributed by atoms with Crippen molar-refractivity contribution in [3.05, 3.63) is 48.0 Å². The fourth-order valence-electron chi connectivity index (χ4n) is 4.85. The van der Waals surface area contributed by atoms with Crippen molar-refractivity contribution in [1.82, 2.24) is 13.9 Å². The van der Waals surface area contributed by atoms with E-state index in [4.69, 9.17) is 9.47 Å². The molecule has 2 heterocycles. The van der Waals surface area contributed by atoms with Crippen molar-refractivity contribution in [2.24, 2.45) is 5.92 Å². The van der Waals surface area contributed by atoms with Crippen molar-refractivity contribution < 1.29 is 31.1 Å². The van der Waals surface area contributed by atoms with Gasteiger partial charge in [-0.15, -0.1) is 0 Å². The second-order valence-electron chi connectivity index (χ2n) is 9.52. The number of rotatable bonds is 9. The van der Waals surface area contributed by atoms with Crippen LogP contribution in [0.25, 0.3) is 0 Å². The summed E-state index contributed by atoms with van der Waals surface area (Å²) in [6.07, 6.45) is 3.63. The molecule has 208 valence electrons. The van der Waals surface area contributed by atoms with Crippen LogP contribution in [-0.4, -0.2) is 71.8 Å². The van der Waals surface area contributed by atoms with E-state index < -0.39 is 20.0 Å². The predicted octanol–water partition coefficient (Wildman–Crippen LogP) is 2.60. The Bertz CT molecular complexity index is 1330. The van der Waals surface area contributed by atoms with Crippen LogP contribution in [0.15, 0.2) is 52.3 Å². The van der Waals surface area contributed by atoms with E-state index in [1.807, 2.05) is 0 Å². The first-order chi connectivity index (χ1) is 18.2. The van der Waals surface area contributed by atoms with E-state index in [1.54, 1.807) is 30.3 Å². The van der Waals surface area contributed by atoms with Gasteiger partial charge < -0.3 is 14.8 Å². The smallest absolute Gasteiger partial charge is 0.243 e. The molecular formula is C26H35N3O7S2. The molecular weight excluding hydrogens is 530 g/mol. The Morgan fingerprint density at radius 3 is 1.95 bits per heavy atom. The van der Waals surface area contributed by atoms with E-state index in [0.29, 0.717) is 37.4 Å². The summed E-state index contributed by atoms with van der Waals surface area (Å²) in [4.78, 5) is 13.1. The molecule has 38 heavy (non-hydrogen) atoms. The van der Waals surface area contributed by atoms with Gasteiger partial charge in [0, 0.05) is 44.7 Å². The molecule has 0 unspecified atom stereocenters. The average molecular weight is 566 g/mol. The lowest BCUT2D eigenvalue weighted by Gasteiger charge is -2.30. The number of hydrogen-bond acceptors (Lipinski definition) is 7. The SMILES string of the molecule is COc1ccc(S(=O)(=O)N2CCC(C(=O)NCc3ccc(S(=O)(=O)N4CCCCC4)cc3)CC2)cc1OC. The van der Waals surface area contributed by atoms with Gasteiger partial charge >= 0.3 is 0 Å². The van der Waals surface area contributed by atoms with Crippen LogP contribution >= 0.6 is 0 Å². The Morgan fingerprint density at radius 2 is 1.34 bits per heavy atom. The van der Waals surface area contributed by atoms with Crippen molar-refractivity contribution in [3.8, 4) is 11.5 Å². The molecule has 12 heteroatoms. The van der Waals surface area contributed by atoms with Gasteiger partial charge in [-0.05, 0) is 55.5 Å². The number of ether oxygens (including phenoxy) is 2. The fraction of sp³-hybridized carbons (Fsp3) is 0.500. The van der Waals surface area contributed by atoms with Gasteiger partial charge in [0.05, 0.1) is 24.0 Å². The summed E-state index contributed by atoms with van der Waals surface area (Å²) in [5.41, 5.74) is 0.796. The Labute approximate surface area is 225 Å². The summed E-state index contributed by atoms with van der Waals surface area (Å²) in [6, 6.07) is 11.1. The van der Waals surface area contributed by atoms with Crippen LogP contribution in [0.5, 0.6) is 11.5 Å². The Hall–Kier alpha value is -2.67. The molecule has 2 fully saturated rings. The normalized spacial score (nSPS) is 18.2. The Kier molecular flexibility index (Phi) is 8.96. The average Bonchev–Trinajstić information content (AvgIpc) is 2.96. The van der Waals surface area contributed by atoms with Crippen LogP contribution in [0.2, 0.25) is 0 Å². The van der Waals surface area contributed by atoms with E-state index in [1.165, 1.54) is 35.0 Å². The zero-order valence-electron chi connectivity index (χ0n) is 21.8. The third-order valence-electron chi connectivity index (χ3n) is 7.16. The van der Waals surface area contributed by atoms with Crippen LogP contribution in [0.1, 0.15) is 37.7 Å². The first-order valence-corrected chi connectivity index (χ1v) is 15.6. The van der Waals surface area contributed by atoms with Crippen LogP contribution in [-0.2, 0) is 31.4 Å². The minimum atomic E-state index is -3.73. The quantitative estimate of drug-likeness (QED) is 0.496. The van der Waals surface area contributed by atoms with E-state index in [-0.39, 0.29) is 41.3 Å². The lowest BCUT2D eigenvalue weighted by Crippen LogP contribution is -2.42. The molecule has 2 aromatic carbocycles. The van der Waals surface area contributed by atoms with E-state index in [9.17, 15) is 21.6 Å². The zero-order chi connectivity index (χ0) is 27.3. The molecule has 2 aliphatic heterocycles. The van der Waals surface area contributed by atoms with Gasteiger partial charge in [-0.2, -0.15) is 8.61 Å². The molecule has 10 nitrogen and oxygen atoms in total. The van der Waals surface area contributed by atoms with E-state index in [0.717, 1.165) is 24.8 Å². The van der Waals surface area contributed by atoms with E-state index in [2.05, 4.69) is 5.32 Å². The van der Waals surface area contributed by atoms with Gasteiger partial charge in [-0.1, -0.05) is 18.6 Å². The maximum absolute atomic E-state index is 13.1. The number of carbonyl (C=O) groups is 1. The number of nitrogens with zero attached hydrogens (tertiary/aromatic N) is 2.